The van der Waals surface area contributed by atoms with Crippen molar-refractivity contribution in [2.24, 2.45) is 0 Å². The highest BCUT2D eigenvalue weighted by atomic mass is 32.2. The molecular weight excluding hydrogens is 366 g/mol. The first kappa shape index (κ1) is 18.2. The van der Waals surface area contributed by atoms with E-state index in [1.165, 1.54) is 11.8 Å². The lowest BCUT2D eigenvalue weighted by atomic mass is 10.2. The molecule has 2 aromatic heterocycles. The van der Waals surface area contributed by atoms with Gasteiger partial charge in [-0.25, -0.2) is 4.98 Å². The summed E-state index contributed by atoms with van der Waals surface area (Å²) in [6, 6.07) is 15.4. The molecular formula is C18H17N5OS2. The van der Waals surface area contributed by atoms with E-state index in [0.717, 1.165) is 10.6 Å². The number of nitrogens with zero attached hydrogens (tertiary/aromatic N) is 4. The standard InChI is InChI=1S/C18H17N5OS2/c1-13(26-18-20-16(21-22-18)15-9-5-12-25-15)17(24)23(11-6-10-19)14-7-3-2-4-8-14/h2-5,7-9,12-13H,6,11H2,1H3,(H,20,21,22)/t13-/m1/s1. The molecule has 0 fully saturated rings. The van der Waals surface area contributed by atoms with Gasteiger partial charge in [0.2, 0.25) is 11.1 Å². The van der Waals surface area contributed by atoms with Crippen molar-refractivity contribution in [2.75, 3.05) is 11.4 Å². The summed E-state index contributed by atoms with van der Waals surface area (Å²) >= 11 is 2.88. The maximum Gasteiger partial charge on any atom is 0.240 e. The Kier molecular flexibility index (Phi) is 6.04. The van der Waals surface area contributed by atoms with E-state index >= 15 is 0 Å². The molecule has 0 radical (unpaired) electrons. The van der Waals surface area contributed by atoms with E-state index < -0.39 is 0 Å². The third-order valence-electron chi connectivity index (χ3n) is 3.63. The number of carbonyl (C=O) groups excluding carboxylic acids is 1. The van der Waals surface area contributed by atoms with Crippen molar-refractivity contribution in [2.45, 2.75) is 23.8 Å². The van der Waals surface area contributed by atoms with E-state index in [1.807, 2.05) is 54.8 Å². The predicted molar refractivity (Wildman–Crippen MR) is 104 cm³/mol. The number of anilines is 1. The molecule has 0 aliphatic rings. The van der Waals surface area contributed by atoms with Gasteiger partial charge in [-0.2, -0.15) is 5.26 Å². The summed E-state index contributed by atoms with van der Waals surface area (Å²) in [6.45, 7) is 2.19. The van der Waals surface area contributed by atoms with Crippen LogP contribution in [0.3, 0.4) is 0 Å². The number of H-pyrrole nitrogens is 1. The van der Waals surface area contributed by atoms with Gasteiger partial charge in [0.1, 0.15) is 0 Å². The first-order valence-corrected chi connectivity index (χ1v) is 9.81. The summed E-state index contributed by atoms with van der Waals surface area (Å²) in [5.41, 5.74) is 0.787. The van der Waals surface area contributed by atoms with Crippen LogP contribution in [0.25, 0.3) is 10.7 Å². The molecule has 0 saturated carbocycles. The number of hydrogen-bond donors (Lipinski definition) is 1. The lowest BCUT2D eigenvalue weighted by Gasteiger charge is -2.24. The summed E-state index contributed by atoms with van der Waals surface area (Å²) in [6.07, 6.45) is 0.279. The molecule has 8 heteroatoms. The van der Waals surface area contributed by atoms with Gasteiger partial charge >= 0.3 is 0 Å². The minimum Gasteiger partial charge on any atom is -0.310 e. The van der Waals surface area contributed by atoms with Crippen molar-refractivity contribution in [3.63, 3.8) is 0 Å². The quantitative estimate of drug-likeness (QED) is 0.624. The van der Waals surface area contributed by atoms with E-state index in [-0.39, 0.29) is 17.6 Å². The van der Waals surface area contributed by atoms with Crippen molar-refractivity contribution in [3.8, 4) is 16.8 Å². The highest BCUT2D eigenvalue weighted by Crippen LogP contribution is 2.27. The number of carbonyl (C=O) groups is 1. The Morgan fingerprint density at radius 3 is 2.85 bits per heavy atom. The number of nitrogens with one attached hydrogen (secondary N) is 1. The van der Waals surface area contributed by atoms with Crippen LogP contribution in [0.1, 0.15) is 13.3 Å². The van der Waals surface area contributed by atoms with Crippen LogP contribution in [0.4, 0.5) is 5.69 Å². The average molecular weight is 384 g/mol. The summed E-state index contributed by atoms with van der Waals surface area (Å²) in [5.74, 6) is 0.630. The molecule has 132 valence electrons. The smallest absolute Gasteiger partial charge is 0.240 e. The van der Waals surface area contributed by atoms with E-state index in [1.54, 1.807) is 16.2 Å². The third kappa shape index (κ3) is 4.31. The first-order chi connectivity index (χ1) is 12.7. The molecule has 2 heterocycles. The fraction of sp³-hybridized carbons (Fsp3) is 0.222. The minimum atomic E-state index is -0.374. The maximum absolute atomic E-state index is 12.9. The maximum atomic E-state index is 12.9. The van der Waals surface area contributed by atoms with Crippen molar-refractivity contribution in [3.05, 3.63) is 47.8 Å². The van der Waals surface area contributed by atoms with Gasteiger partial charge in [0, 0.05) is 12.2 Å². The lowest BCUT2D eigenvalue weighted by Crippen LogP contribution is -2.37. The van der Waals surface area contributed by atoms with Gasteiger partial charge in [-0.15, -0.1) is 16.4 Å². The van der Waals surface area contributed by atoms with Crippen LogP contribution in [0.5, 0.6) is 0 Å². The number of hydrogen-bond acceptors (Lipinski definition) is 6. The Bertz CT molecular complexity index is 886. The Balaban J connectivity index is 1.72. The average Bonchev–Trinajstić information content (AvgIpc) is 3.34. The number of aromatic amines is 1. The summed E-state index contributed by atoms with van der Waals surface area (Å²) in [4.78, 5) is 20.0. The van der Waals surface area contributed by atoms with Gasteiger partial charge < -0.3 is 4.90 Å². The number of amides is 1. The molecule has 0 spiro atoms. The molecule has 1 amide bonds. The van der Waals surface area contributed by atoms with Crippen molar-refractivity contribution in [1.29, 1.82) is 5.26 Å². The van der Waals surface area contributed by atoms with Gasteiger partial charge in [-0.05, 0) is 30.5 Å². The van der Waals surface area contributed by atoms with E-state index in [2.05, 4.69) is 21.3 Å². The zero-order valence-corrected chi connectivity index (χ0v) is 15.8. The second kappa shape index (κ2) is 8.65. The van der Waals surface area contributed by atoms with Gasteiger partial charge in [0.25, 0.3) is 0 Å². The number of nitriles is 1. The number of thioether (sulfide) groups is 1. The normalized spacial score (nSPS) is 11.7. The van der Waals surface area contributed by atoms with Gasteiger partial charge in [0.05, 0.1) is 22.6 Å². The van der Waals surface area contributed by atoms with Crippen LogP contribution >= 0.6 is 23.1 Å². The number of aromatic nitrogens is 3. The minimum absolute atomic E-state index is 0.0704. The Hall–Kier alpha value is -2.63. The molecule has 1 aromatic carbocycles. The van der Waals surface area contributed by atoms with Gasteiger partial charge in [-0.3, -0.25) is 9.89 Å². The van der Waals surface area contributed by atoms with Gasteiger partial charge in [0.15, 0.2) is 5.82 Å². The number of benzene rings is 1. The Labute approximate surface area is 159 Å². The molecule has 0 aliphatic heterocycles. The molecule has 6 nitrogen and oxygen atoms in total. The summed E-state index contributed by atoms with van der Waals surface area (Å²) in [7, 11) is 0. The molecule has 0 bridgehead atoms. The molecule has 0 saturated heterocycles. The zero-order chi connectivity index (χ0) is 18.4. The molecule has 0 unspecified atom stereocenters. The Morgan fingerprint density at radius 2 is 2.15 bits per heavy atom. The summed E-state index contributed by atoms with van der Waals surface area (Å²) in [5, 5.41) is 18.1. The first-order valence-electron chi connectivity index (χ1n) is 8.05. The zero-order valence-electron chi connectivity index (χ0n) is 14.1. The molecule has 3 aromatic rings. The van der Waals surface area contributed by atoms with Crippen molar-refractivity contribution < 1.29 is 4.79 Å². The number of thiophene rings is 1. The van der Waals surface area contributed by atoms with Crippen LogP contribution in [-0.2, 0) is 4.79 Å². The highest BCUT2D eigenvalue weighted by molar-refractivity contribution is 8.00. The van der Waals surface area contributed by atoms with Crippen LogP contribution < -0.4 is 4.90 Å². The van der Waals surface area contributed by atoms with E-state index in [9.17, 15) is 4.79 Å². The number of para-hydroxylation sites is 1. The molecule has 3 rings (SSSR count). The number of rotatable bonds is 7. The van der Waals surface area contributed by atoms with E-state index in [0.29, 0.717) is 17.5 Å². The molecule has 0 aliphatic carbocycles. The fourth-order valence-electron chi connectivity index (χ4n) is 2.39. The van der Waals surface area contributed by atoms with Crippen LogP contribution in [0, 0.1) is 11.3 Å². The molecule has 1 atom stereocenters. The van der Waals surface area contributed by atoms with Crippen molar-refractivity contribution >= 4 is 34.7 Å². The SMILES string of the molecule is C[C@@H](Sc1n[nH]c(-c2cccs2)n1)C(=O)N(CCC#N)c1ccccc1. The second-order valence-corrected chi connectivity index (χ2v) is 7.69. The molecule has 1 N–H and O–H groups in total. The monoisotopic (exact) mass is 383 g/mol. The fourth-order valence-corrected chi connectivity index (χ4v) is 3.84. The largest absolute Gasteiger partial charge is 0.310 e. The van der Waals surface area contributed by atoms with Crippen LogP contribution in [0.15, 0.2) is 53.0 Å². The highest BCUT2D eigenvalue weighted by Gasteiger charge is 2.24. The summed E-state index contributed by atoms with van der Waals surface area (Å²) < 4.78 is 0. The second-order valence-electron chi connectivity index (χ2n) is 5.44. The topological polar surface area (TPSA) is 85.7 Å². The van der Waals surface area contributed by atoms with Crippen LogP contribution in [-0.4, -0.2) is 32.9 Å². The van der Waals surface area contributed by atoms with Crippen molar-refractivity contribution in [1.82, 2.24) is 15.2 Å². The van der Waals surface area contributed by atoms with Crippen LogP contribution in [0.2, 0.25) is 0 Å². The van der Waals surface area contributed by atoms with E-state index in [4.69, 9.17) is 5.26 Å². The lowest BCUT2D eigenvalue weighted by molar-refractivity contribution is -0.117. The Morgan fingerprint density at radius 1 is 1.35 bits per heavy atom. The van der Waals surface area contributed by atoms with Gasteiger partial charge in [-0.1, -0.05) is 36.0 Å². The predicted octanol–water partition coefficient (Wildman–Crippen LogP) is 3.96. The molecule has 26 heavy (non-hydrogen) atoms. The third-order valence-corrected chi connectivity index (χ3v) is 5.46.